The van der Waals surface area contributed by atoms with E-state index in [9.17, 15) is 4.79 Å². The Kier molecular flexibility index (Phi) is 6.44. The minimum Gasteiger partial charge on any atom is -0.480 e. The minimum atomic E-state index is -1.01. The van der Waals surface area contributed by atoms with Gasteiger partial charge in [-0.15, -0.1) is 0 Å². The van der Waals surface area contributed by atoms with Gasteiger partial charge in [0, 0.05) is 19.6 Å². The van der Waals surface area contributed by atoms with Gasteiger partial charge in [-0.2, -0.15) is 0 Å². The van der Waals surface area contributed by atoms with Gasteiger partial charge in [-0.05, 0) is 20.3 Å². The van der Waals surface area contributed by atoms with Crippen molar-refractivity contribution in [2.75, 3.05) is 19.6 Å². The van der Waals surface area contributed by atoms with Crippen molar-refractivity contribution in [3.8, 4) is 0 Å². The lowest BCUT2D eigenvalue weighted by atomic mass is 10.2. The van der Waals surface area contributed by atoms with Crippen molar-refractivity contribution in [1.29, 1.82) is 0 Å². The summed E-state index contributed by atoms with van der Waals surface area (Å²) >= 11 is 0. The van der Waals surface area contributed by atoms with Gasteiger partial charge in [0.25, 0.3) is 0 Å². The van der Waals surface area contributed by atoms with Crippen LogP contribution in [0.5, 0.6) is 0 Å². The molecule has 0 radical (unpaired) electrons. The van der Waals surface area contributed by atoms with Gasteiger partial charge in [-0.25, -0.2) is 0 Å². The summed E-state index contributed by atoms with van der Waals surface area (Å²) in [4.78, 5) is 16.4. The first-order chi connectivity index (χ1) is 7.02. The SMILES string of the molecule is CCN(CC)C(N)=NCC[C@H](N)C(=O)O. The normalized spacial score (nSPS) is 13.7. The number of carboxylic acids is 1. The number of hydrogen-bond acceptors (Lipinski definition) is 3. The molecule has 0 saturated carbocycles. The molecule has 88 valence electrons. The quantitative estimate of drug-likeness (QED) is 0.408. The van der Waals surface area contributed by atoms with E-state index in [-0.39, 0.29) is 0 Å². The molecule has 0 bridgehead atoms. The summed E-state index contributed by atoms with van der Waals surface area (Å²) in [6.45, 7) is 5.88. The lowest BCUT2D eigenvalue weighted by molar-refractivity contribution is -0.138. The van der Waals surface area contributed by atoms with Gasteiger partial charge < -0.3 is 21.5 Å². The van der Waals surface area contributed by atoms with Gasteiger partial charge in [0.15, 0.2) is 5.96 Å². The zero-order chi connectivity index (χ0) is 11.8. The highest BCUT2D eigenvalue weighted by Crippen LogP contribution is 1.92. The van der Waals surface area contributed by atoms with Crippen LogP contribution < -0.4 is 11.5 Å². The molecule has 0 aliphatic heterocycles. The van der Waals surface area contributed by atoms with Crippen LogP contribution in [0.3, 0.4) is 0 Å². The van der Waals surface area contributed by atoms with Crippen molar-refractivity contribution in [2.24, 2.45) is 16.5 Å². The van der Waals surface area contributed by atoms with Crippen LogP contribution in [0.25, 0.3) is 0 Å². The average Bonchev–Trinajstić information content (AvgIpc) is 2.19. The first kappa shape index (κ1) is 13.7. The van der Waals surface area contributed by atoms with Gasteiger partial charge in [-0.1, -0.05) is 0 Å². The van der Waals surface area contributed by atoms with Crippen molar-refractivity contribution in [3.63, 3.8) is 0 Å². The Labute approximate surface area is 89.9 Å². The number of guanidine groups is 1. The van der Waals surface area contributed by atoms with Gasteiger partial charge in [0.2, 0.25) is 0 Å². The number of aliphatic imine (C=N–C) groups is 1. The Morgan fingerprint density at radius 1 is 1.47 bits per heavy atom. The molecular formula is C9H20N4O2. The van der Waals surface area contributed by atoms with Crippen molar-refractivity contribution in [2.45, 2.75) is 26.3 Å². The lowest BCUT2D eigenvalue weighted by Gasteiger charge is -2.19. The summed E-state index contributed by atoms with van der Waals surface area (Å²) in [5.74, 6) is -0.566. The molecule has 1 atom stereocenters. The van der Waals surface area contributed by atoms with E-state index < -0.39 is 12.0 Å². The molecule has 0 aliphatic carbocycles. The van der Waals surface area contributed by atoms with Crippen LogP contribution in [-0.4, -0.2) is 47.6 Å². The van der Waals surface area contributed by atoms with Crippen LogP contribution in [0.2, 0.25) is 0 Å². The molecule has 6 nitrogen and oxygen atoms in total. The number of aliphatic carboxylic acids is 1. The number of carbonyl (C=O) groups is 1. The Morgan fingerprint density at radius 2 is 2.00 bits per heavy atom. The third-order valence-corrected chi connectivity index (χ3v) is 2.12. The van der Waals surface area contributed by atoms with E-state index in [1.165, 1.54) is 0 Å². The molecule has 0 aromatic heterocycles. The number of hydrogen-bond donors (Lipinski definition) is 3. The highest BCUT2D eigenvalue weighted by atomic mass is 16.4. The van der Waals surface area contributed by atoms with E-state index in [2.05, 4.69) is 4.99 Å². The largest absolute Gasteiger partial charge is 0.480 e. The summed E-state index contributed by atoms with van der Waals surface area (Å²) in [7, 11) is 0. The number of rotatable bonds is 6. The van der Waals surface area contributed by atoms with Gasteiger partial charge >= 0.3 is 5.97 Å². The molecule has 0 amide bonds. The highest BCUT2D eigenvalue weighted by Gasteiger charge is 2.10. The van der Waals surface area contributed by atoms with E-state index in [1.54, 1.807) is 0 Å². The van der Waals surface area contributed by atoms with Crippen LogP contribution in [-0.2, 0) is 4.79 Å². The molecular weight excluding hydrogens is 196 g/mol. The summed E-state index contributed by atoms with van der Waals surface area (Å²) in [5, 5.41) is 8.53. The van der Waals surface area contributed by atoms with Crippen LogP contribution in [0.4, 0.5) is 0 Å². The fraction of sp³-hybridized carbons (Fsp3) is 0.778. The van der Waals surface area contributed by atoms with E-state index in [0.717, 1.165) is 13.1 Å². The Morgan fingerprint density at radius 3 is 2.40 bits per heavy atom. The van der Waals surface area contributed by atoms with E-state index in [0.29, 0.717) is 18.9 Å². The van der Waals surface area contributed by atoms with Gasteiger partial charge in [0.1, 0.15) is 6.04 Å². The Bertz CT molecular complexity index is 226. The number of carboxylic acid groups (broad SMARTS) is 1. The van der Waals surface area contributed by atoms with Gasteiger partial charge in [0.05, 0.1) is 0 Å². The highest BCUT2D eigenvalue weighted by molar-refractivity contribution is 5.78. The molecule has 0 unspecified atom stereocenters. The zero-order valence-corrected chi connectivity index (χ0v) is 9.31. The van der Waals surface area contributed by atoms with Crippen molar-refractivity contribution >= 4 is 11.9 Å². The van der Waals surface area contributed by atoms with Crippen LogP contribution in [0, 0.1) is 0 Å². The molecule has 0 rings (SSSR count). The second kappa shape index (κ2) is 7.05. The van der Waals surface area contributed by atoms with Crippen LogP contribution >= 0.6 is 0 Å². The van der Waals surface area contributed by atoms with Crippen LogP contribution in [0.1, 0.15) is 20.3 Å². The molecule has 6 heteroatoms. The molecule has 0 aromatic rings. The molecule has 0 spiro atoms. The zero-order valence-electron chi connectivity index (χ0n) is 9.31. The maximum atomic E-state index is 10.4. The van der Waals surface area contributed by atoms with E-state index in [1.807, 2.05) is 18.7 Å². The smallest absolute Gasteiger partial charge is 0.320 e. The second-order valence-corrected chi connectivity index (χ2v) is 3.15. The second-order valence-electron chi connectivity index (χ2n) is 3.15. The Balaban J connectivity index is 4.00. The summed E-state index contributed by atoms with van der Waals surface area (Å²) in [6.07, 6.45) is 0.303. The van der Waals surface area contributed by atoms with Crippen molar-refractivity contribution in [3.05, 3.63) is 0 Å². The lowest BCUT2D eigenvalue weighted by Crippen LogP contribution is -2.37. The Hall–Kier alpha value is -1.30. The fourth-order valence-electron chi connectivity index (χ4n) is 1.09. The van der Waals surface area contributed by atoms with E-state index in [4.69, 9.17) is 16.6 Å². The molecule has 0 aliphatic rings. The van der Waals surface area contributed by atoms with Crippen molar-refractivity contribution in [1.82, 2.24) is 4.90 Å². The summed E-state index contributed by atoms with van der Waals surface area (Å²) in [6, 6.07) is -0.863. The first-order valence-electron chi connectivity index (χ1n) is 5.06. The average molecular weight is 216 g/mol. The number of nitrogens with two attached hydrogens (primary N) is 2. The third kappa shape index (κ3) is 5.21. The minimum absolute atomic E-state index is 0.303. The first-order valence-corrected chi connectivity index (χ1v) is 5.06. The maximum absolute atomic E-state index is 10.4. The summed E-state index contributed by atoms with van der Waals surface area (Å²) < 4.78 is 0. The van der Waals surface area contributed by atoms with Crippen LogP contribution in [0.15, 0.2) is 4.99 Å². The van der Waals surface area contributed by atoms with Gasteiger partial charge in [-0.3, -0.25) is 9.79 Å². The molecule has 15 heavy (non-hydrogen) atoms. The molecule has 0 aromatic carbocycles. The molecule has 5 N–H and O–H groups in total. The predicted molar refractivity (Wildman–Crippen MR) is 59.6 cm³/mol. The molecule has 0 heterocycles. The van der Waals surface area contributed by atoms with E-state index >= 15 is 0 Å². The maximum Gasteiger partial charge on any atom is 0.320 e. The predicted octanol–water partition coefficient (Wildman–Crippen LogP) is -0.555. The summed E-state index contributed by atoms with van der Waals surface area (Å²) in [5.41, 5.74) is 11.0. The number of nitrogens with zero attached hydrogens (tertiary/aromatic N) is 2. The third-order valence-electron chi connectivity index (χ3n) is 2.12. The molecule has 0 saturated heterocycles. The standard InChI is InChI=1S/C9H20N4O2/c1-3-13(4-2)9(11)12-6-5-7(10)8(14)15/h7H,3-6,10H2,1-2H3,(H2,11,12)(H,14,15)/t7-/m0/s1. The monoisotopic (exact) mass is 216 g/mol. The van der Waals surface area contributed by atoms with Crippen molar-refractivity contribution < 1.29 is 9.90 Å². The fourth-order valence-corrected chi connectivity index (χ4v) is 1.09. The topological polar surface area (TPSA) is 105 Å². The molecule has 0 fully saturated rings.